The van der Waals surface area contributed by atoms with Gasteiger partial charge in [0, 0.05) is 24.4 Å². The zero-order valence-corrected chi connectivity index (χ0v) is 12.0. The molecule has 0 bridgehead atoms. The Kier molecular flexibility index (Phi) is 4.57. The lowest BCUT2D eigenvalue weighted by atomic mass is 10.2. The van der Waals surface area contributed by atoms with Crippen molar-refractivity contribution in [3.63, 3.8) is 0 Å². The average Bonchev–Trinajstić information content (AvgIpc) is 2.66. The van der Waals surface area contributed by atoms with Crippen LogP contribution in [0.2, 0.25) is 0 Å². The molecule has 1 heterocycles. The van der Waals surface area contributed by atoms with Gasteiger partial charge in [0.2, 0.25) is 0 Å². The molecule has 17 heavy (non-hydrogen) atoms. The normalized spacial score (nSPS) is 13.2. The highest BCUT2D eigenvalue weighted by Crippen LogP contribution is 2.15. The van der Waals surface area contributed by atoms with Gasteiger partial charge in [0.05, 0.1) is 0 Å². The van der Waals surface area contributed by atoms with E-state index in [0.717, 1.165) is 6.42 Å². The van der Waals surface area contributed by atoms with E-state index in [1.165, 1.54) is 4.88 Å². The van der Waals surface area contributed by atoms with Crippen molar-refractivity contribution >= 4 is 17.4 Å². The largest absolute Gasteiger partial charge is 0.444 e. The van der Waals surface area contributed by atoms with E-state index in [1.54, 1.807) is 23.3 Å². The molecule has 1 aromatic rings. The van der Waals surface area contributed by atoms with Gasteiger partial charge in [-0.25, -0.2) is 4.79 Å². The number of hydrogen-bond donors (Lipinski definition) is 0. The average molecular weight is 255 g/mol. The quantitative estimate of drug-likeness (QED) is 0.826. The maximum Gasteiger partial charge on any atom is 0.410 e. The number of nitrogens with zero attached hydrogens (tertiary/aromatic N) is 1. The summed E-state index contributed by atoms with van der Waals surface area (Å²) in [6.07, 6.45) is 0.606. The van der Waals surface area contributed by atoms with Crippen molar-refractivity contribution in [2.75, 3.05) is 7.05 Å². The molecule has 3 nitrogen and oxygen atoms in total. The molecule has 1 atom stereocenters. The lowest BCUT2D eigenvalue weighted by Crippen LogP contribution is -2.40. The molecule has 0 spiro atoms. The fraction of sp³-hybridized carbons (Fsp3) is 0.615. The molecular formula is C13H21NO2S. The Morgan fingerprint density at radius 2 is 2.18 bits per heavy atom. The van der Waals surface area contributed by atoms with Gasteiger partial charge >= 0.3 is 6.09 Å². The van der Waals surface area contributed by atoms with E-state index in [1.807, 2.05) is 33.8 Å². The van der Waals surface area contributed by atoms with Crippen LogP contribution >= 0.6 is 11.3 Å². The van der Waals surface area contributed by atoms with E-state index in [9.17, 15) is 4.79 Å². The molecule has 1 unspecified atom stereocenters. The Balaban J connectivity index is 2.51. The maximum absolute atomic E-state index is 11.8. The number of hydrogen-bond acceptors (Lipinski definition) is 3. The molecule has 0 N–H and O–H groups in total. The predicted octanol–water partition coefficient (Wildman–Crippen LogP) is 3.55. The van der Waals surface area contributed by atoms with Crippen LogP contribution < -0.4 is 0 Å². The van der Waals surface area contributed by atoms with E-state index < -0.39 is 5.60 Å². The van der Waals surface area contributed by atoms with Crippen LogP contribution in [0.4, 0.5) is 4.79 Å². The summed E-state index contributed by atoms with van der Waals surface area (Å²) in [7, 11) is 1.78. The molecule has 0 saturated carbocycles. The van der Waals surface area contributed by atoms with Crippen LogP contribution in [0.5, 0.6) is 0 Å². The number of carbonyl (C=O) groups excluding carboxylic acids is 1. The second kappa shape index (κ2) is 5.54. The summed E-state index contributed by atoms with van der Waals surface area (Å²) in [5, 5.41) is 2.05. The highest BCUT2D eigenvalue weighted by atomic mass is 32.1. The predicted molar refractivity (Wildman–Crippen MR) is 71.5 cm³/mol. The minimum Gasteiger partial charge on any atom is -0.444 e. The zero-order chi connectivity index (χ0) is 13.1. The Morgan fingerprint density at radius 3 is 2.65 bits per heavy atom. The first-order valence-electron chi connectivity index (χ1n) is 5.78. The van der Waals surface area contributed by atoms with Crippen molar-refractivity contribution in [3.8, 4) is 0 Å². The van der Waals surface area contributed by atoms with Crippen LogP contribution in [-0.2, 0) is 11.2 Å². The minimum absolute atomic E-state index is 0.142. The van der Waals surface area contributed by atoms with E-state index in [4.69, 9.17) is 4.74 Å². The molecule has 0 aliphatic heterocycles. The molecule has 0 aliphatic rings. The molecular weight excluding hydrogens is 234 g/mol. The van der Waals surface area contributed by atoms with Crippen LogP contribution in [0.1, 0.15) is 32.6 Å². The third-order valence-electron chi connectivity index (χ3n) is 2.42. The first-order chi connectivity index (χ1) is 7.79. The highest BCUT2D eigenvalue weighted by molar-refractivity contribution is 7.09. The van der Waals surface area contributed by atoms with Gasteiger partial charge in [-0.15, -0.1) is 11.3 Å². The molecule has 0 radical (unpaired) electrons. The first-order valence-corrected chi connectivity index (χ1v) is 6.66. The summed E-state index contributed by atoms with van der Waals surface area (Å²) in [6.45, 7) is 7.66. The van der Waals surface area contributed by atoms with Crippen LogP contribution in [0.15, 0.2) is 17.5 Å². The Bertz CT molecular complexity index is 354. The molecule has 96 valence electrons. The lowest BCUT2D eigenvalue weighted by Gasteiger charge is -2.28. The van der Waals surface area contributed by atoms with Crippen molar-refractivity contribution in [1.82, 2.24) is 4.90 Å². The second-order valence-corrected chi connectivity index (χ2v) is 6.26. The number of ether oxygens (including phenoxy) is 1. The summed E-state index contributed by atoms with van der Waals surface area (Å²) >= 11 is 1.71. The van der Waals surface area contributed by atoms with Crippen LogP contribution in [0.3, 0.4) is 0 Å². The number of amides is 1. The zero-order valence-electron chi connectivity index (χ0n) is 11.2. The molecule has 1 aromatic heterocycles. The number of carbonyl (C=O) groups is 1. The third kappa shape index (κ3) is 4.77. The van der Waals surface area contributed by atoms with Crippen LogP contribution in [0, 0.1) is 0 Å². The second-order valence-electron chi connectivity index (χ2n) is 5.22. The fourth-order valence-corrected chi connectivity index (χ4v) is 2.20. The molecule has 0 saturated heterocycles. The number of rotatable bonds is 3. The molecule has 1 rings (SSSR count). The van der Waals surface area contributed by atoms with E-state index in [2.05, 4.69) is 11.4 Å². The van der Waals surface area contributed by atoms with Gasteiger partial charge in [-0.3, -0.25) is 0 Å². The molecule has 1 amide bonds. The van der Waals surface area contributed by atoms with Crippen molar-refractivity contribution in [3.05, 3.63) is 22.4 Å². The highest BCUT2D eigenvalue weighted by Gasteiger charge is 2.23. The standard InChI is InChI=1S/C13H21NO2S/c1-10(9-11-7-6-8-17-11)14(5)12(15)16-13(2,3)4/h6-8,10H,9H2,1-5H3. The monoisotopic (exact) mass is 255 g/mol. The summed E-state index contributed by atoms with van der Waals surface area (Å²) in [6, 6.07) is 4.26. The van der Waals surface area contributed by atoms with Crippen molar-refractivity contribution in [2.24, 2.45) is 0 Å². The maximum atomic E-state index is 11.8. The Morgan fingerprint density at radius 1 is 1.53 bits per heavy atom. The Labute approximate surface area is 107 Å². The summed E-state index contributed by atoms with van der Waals surface area (Å²) in [5.74, 6) is 0. The molecule has 0 fully saturated rings. The molecule has 0 aromatic carbocycles. The molecule has 4 heteroatoms. The van der Waals surface area contributed by atoms with Crippen molar-refractivity contribution < 1.29 is 9.53 Å². The van der Waals surface area contributed by atoms with Gasteiger partial charge in [0.15, 0.2) is 0 Å². The summed E-state index contributed by atoms with van der Waals surface area (Å²) in [4.78, 5) is 14.8. The lowest BCUT2D eigenvalue weighted by molar-refractivity contribution is 0.0236. The van der Waals surface area contributed by atoms with E-state index >= 15 is 0 Å². The van der Waals surface area contributed by atoms with Gasteiger partial charge in [-0.05, 0) is 39.1 Å². The first kappa shape index (κ1) is 14.0. The number of thiophene rings is 1. The number of likely N-dealkylation sites (N-methyl/N-ethyl adjacent to an activating group) is 1. The van der Waals surface area contributed by atoms with E-state index in [0.29, 0.717) is 0 Å². The van der Waals surface area contributed by atoms with Gasteiger partial charge in [-0.2, -0.15) is 0 Å². The van der Waals surface area contributed by atoms with Gasteiger partial charge in [-0.1, -0.05) is 6.07 Å². The molecule has 0 aliphatic carbocycles. The Hall–Kier alpha value is -1.03. The smallest absolute Gasteiger partial charge is 0.410 e. The van der Waals surface area contributed by atoms with Gasteiger partial charge in [0.1, 0.15) is 5.60 Å². The van der Waals surface area contributed by atoms with Crippen molar-refractivity contribution in [2.45, 2.75) is 45.8 Å². The van der Waals surface area contributed by atoms with E-state index in [-0.39, 0.29) is 12.1 Å². The fourth-order valence-electron chi connectivity index (χ4n) is 1.37. The van der Waals surface area contributed by atoms with Crippen LogP contribution in [0.25, 0.3) is 0 Å². The summed E-state index contributed by atoms with van der Waals surface area (Å²) < 4.78 is 5.33. The third-order valence-corrected chi connectivity index (χ3v) is 3.32. The van der Waals surface area contributed by atoms with Crippen LogP contribution in [-0.4, -0.2) is 29.7 Å². The topological polar surface area (TPSA) is 29.5 Å². The van der Waals surface area contributed by atoms with Crippen molar-refractivity contribution in [1.29, 1.82) is 0 Å². The van der Waals surface area contributed by atoms with Gasteiger partial charge in [0.25, 0.3) is 0 Å². The van der Waals surface area contributed by atoms with Gasteiger partial charge < -0.3 is 9.64 Å². The minimum atomic E-state index is -0.437. The SMILES string of the molecule is CC(Cc1cccs1)N(C)C(=O)OC(C)(C)C. The summed E-state index contributed by atoms with van der Waals surface area (Å²) in [5.41, 5.74) is -0.437.